The molecular formula is C24H25IN4O. The van der Waals surface area contributed by atoms with Crippen molar-refractivity contribution in [3.05, 3.63) is 76.3 Å². The summed E-state index contributed by atoms with van der Waals surface area (Å²) in [5, 5.41) is 1.80. The first kappa shape index (κ1) is 19.8. The summed E-state index contributed by atoms with van der Waals surface area (Å²) in [5.41, 5.74) is 4.48. The number of fused-ring (bicyclic) bond motifs is 3. The fraction of sp³-hybridized carbons (Fsp3) is 0.333. The van der Waals surface area contributed by atoms with Crippen LogP contribution in [0.4, 0.5) is 0 Å². The first-order valence-electron chi connectivity index (χ1n) is 10.5. The number of aromatic nitrogens is 3. The van der Waals surface area contributed by atoms with E-state index in [4.69, 9.17) is 0 Å². The lowest BCUT2D eigenvalue weighted by Gasteiger charge is -2.39. The van der Waals surface area contributed by atoms with Crippen molar-refractivity contribution in [3.8, 4) is 0 Å². The monoisotopic (exact) mass is 512 g/mol. The average Bonchev–Trinajstić information content (AvgIpc) is 3.20. The minimum atomic E-state index is 0.0425. The van der Waals surface area contributed by atoms with Gasteiger partial charge in [-0.3, -0.25) is 9.69 Å². The number of pyridine rings is 2. The number of hydrogen-bond donors (Lipinski definition) is 1. The molecule has 5 nitrogen and oxygen atoms in total. The summed E-state index contributed by atoms with van der Waals surface area (Å²) in [7, 11) is 0. The molecule has 0 spiro atoms. The molecule has 154 valence electrons. The van der Waals surface area contributed by atoms with E-state index in [9.17, 15) is 4.79 Å². The lowest BCUT2D eigenvalue weighted by atomic mass is 9.92. The smallest absolute Gasteiger partial charge is 0.190 e. The van der Waals surface area contributed by atoms with Gasteiger partial charge in [0, 0.05) is 53.6 Å². The van der Waals surface area contributed by atoms with Gasteiger partial charge < -0.3 is 9.55 Å². The van der Waals surface area contributed by atoms with Crippen LogP contribution in [0.1, 0.15) is 30.5 Å². The van der Waals surface area contributed by atoms with Crippen LogP contribution in [0.25, 0.3) is 21.9 Å². The van der Waals surface area contributed by atoms with Crippen molar-refractivity contribution in [3.63, 3.8) is 0 Å². The Kier molecular flexibility index (Phi) is 5.37. The zero-order chi connectivity index (χ0) is 20.7. The molecule has 1 saturated heterocycles. The molecule has 1 aliphatic rings. The zero-order valence-corrected chi connectivity index (χ0v) is 19.2. The molecule has 1 aromatic carbocycles. The Labute approximate surface area is 189 Å². The Hall–Kier alpha value is -2.19. The SMILES string of the molecule is C[C@@H]1CCN(Cc2ccccc2)C[C@@H]1n1ccc(=O)c2cnc3[nH]cc(CI)c3c21. The van der Waals surface area contributed by atoms with Gasteiger partial charge in [-0.1, -0.05) is 59.8 Å². The van der Waals surface area contributed by atoms with Crippen LogP contribution in [-0.4, -0.2) is 32.5 Å². The van der Waals surface area contributed by atoms with Crippen LogP contribution in [0, 0.1) is 5.92 Å². The zero-order valence-electron chi connectivity index (χ0n) is 17.0. The number of nitrogens with zero attached hydrogens (tertiary/aromatic N) is 3. The molecule has 1 aliphatic heterocycles. The Bertz CT molecular complexity index is 1250. The van der Waals surface area contributed by atoms with Gasteiger partial charge in [-0.05, 0) is 30.0 Å². The molecule has 6 heteroatoms. The molecule has 0 aliphatic carbocycles. The van der Waals surface area contributed by atoms with Gasteiger partial charge >= 0.3 is 0 Å². The topological polar surface area (TPSA) is 53.9 Å². The van der Waals surface area contributed by atoms with Gasteiger partial charge in [-0.15, -0.1) is 0 Å². The highest BCUT2D eigenvalue weighted by molar-refractivity contribution is 14.1. The first-order valence-corrected chi connectivity index (χ1v) is 12.0. The van der Waals surface area contributed by atoms with E-state index in [0.29, 0.717) is 17.3 Å². The highest BCUT2D eigenvalue weighted by atomic mass is 127. The highest BCUT2D eigenvalue weighted by Gasteiger charge is 2.29. The molecule has 0 unspecified atom stereocenters. The molecule has 30 heavy (non-hydrogen) atoms. The Morgan fingerprint density at radius 3 is 2.87 bits per heavy atom. The third-order valence-electron chi connectivity index (χ3n) is 6.42. The molecule has 0 amide bonds. The molecule has 4 aromatic rings. The van der Waals surface area contributed by atoms with Gasteiger partial charge in [0.15, 0.2) is 5.43 Å². The van der Waals surface area contributed by atoms with E-state index in [2.05, 4.69) is 79.3 Å². The van der Waals surface area contributed by atoms with Crippen LogP contribution in [0.5, 0.6) is 0 Å². The number of H-pyrrole nitrogens is 1. The predicted molar refractivity (Wildman–Crippen MR) is 130 cm³/mol. The number of aromatic amines is 1. The van der Waals surface area contributed by atoms with E-state index in [1.165, 1.54) is 11.1 Å². The summed E-state index contributed by atoms with van der Waals surface area (Å²) in [6.07, 6.45) is 6.91. The largest absolute Gasteiger partial charge is 0.346 e. The molecule has 4 heterocycles. The molecule has 2 atom stereocenters. The maximum Gasteiger partial charge on any atom is 0.190 e. The molecule has 1 fully saturated rings. The Balaban J connectivity index is 1.61. The molecule has 0 bridgehead atoms. The number of hydrogen-bond acceptors (Lipinski definition) is 3. The third kappa shape index (κ3) is 3.46. The molecule has 3 aromatic heterocycles. The normalized spacial score (nSPS) is 20.2. The van der Waals surface area contributed by atoms with E-state index in [-0.39, 0.29) is 5.43 Å². The molecule has 0 saturated carbocycles. The Morgan fingerprint density at radius 2 is 2.07 bits per heavy atom. The van der Waals surface area contributed by atoms with E-state index >= 15 is 0 Å². The first-order chi connectivity index (χ1) is 14.7. The summed E-state index contributed by atoms with van der Waals surface area (Å²) >= 11 is 2.38. The van der Waals surface area contributed by atoms with Crippen LogP contribution < -0.4 is 5.43 Å². The predicted octanol–water partition coefficient (Wildman–Crippen LogP) is 4.90. The van der Waals surface area contributed by atoms with Gasteiger partial charge in [-0.25, -0.2) is 4.98 Å². The number of piperidine rings is 1. The number of alkyl halides is 1. The second-order valence-electron chi connectivity index (χ2n) is 8.33. The van der Waals surface area contributed by atoms with Gasteiger partial charge in [0.1, 0.15) is 5.65 Å². The van der Waals surface area contributed by atoms with Crippen LogP contribution in [0.2, 0.25) is 0 Å². The summed E-state index contributed by atoms with van der Waals surface area (Å²) < 4.78 is 3.23. The van der Waals surface area contributed by atoms with Crippen molar-refractivity contribution >= 4 is 44.5 Å². The Morgan fingerprint density at radius 1 is 1.23 bits per heavy atom. The minimum Gasteiger partial charge on any atom is -0.346 e. The number of halogens is 1. The fourth-order valence-electron chi connectivity index (χ4n) is 4.75. The number of nitrogens with one attached hydrogen (secondary N) is 1. The molecule has 1 N–H and O–H groups in total. The van der Waals surface area contributed by atoms with Crippen LogP contribution in [0.3, 0.4) is 0 Å². The van der Waals surface area contributed by atoms with Gasteiger partial charge in [0.25, 0.3) is 0 Å². The summed E-state index contributed by atoms with van der Waals surface area (Å²) in [5.74, 6) is 0.535. The second kappa shape index (κ2) is 8.15. The van der Waals surface area contributed by atoms with Crippen molar-refractivity contribution in [1.29, 1.82) is 0 Å². The number of benzene rings is 1. The fourth-order valence-corrected chi connectivity index (χ4v) is 5.35. The van der Waals surface area contributed by atoms with Crippen molar-refractivity contribution in [2.24, 2.45) is 5.92 Å². The van der Waals surface area contributed by atoms with Crippen molar-refractivity contribution in [1.82, 2.24) is 19.4 Å². The van der Waals surface area contributed by atoms with Crippen molar-refractivity contribution < 1.29 is 0 Å². The summed E-state index contributed by atoms with van der Waals surface area (Å²) in [4.78, 5) is 23.1. The molecule has 0 radical (unpaired) electrons. The van der Waals surface area contributed by atoms with Crippen molar-refractivity contribution in [2.75, 3.05) is 13.1 Å². The van der Waals surface area contributed by atoms with E-state index in [1.807, 2.05) is 12.4 Å². The standard InChI is InChI=1S/C24H25IN4O/c1-16-7-9-28(14-17-5-3-2-4-6-17)15-20(16)29-10-8-21(30)19-13-27-24-22(23(19)29)18(11-25)12-26-24/h2-6,8,10,12-13,16,20H,7,9,11,14-15H2,1H3,(H,26,27)/t16-,20+/m1/s1. The quantitative estimate of drug-likeness (QED) is 0.313. The summed E-state index contributed by atoms with van der Waals surface area (Å²) in [6.45, 7) is 5.37. The van der Waals surface area contributed by atoms with Crippen LogP contribution >= 0.6 is 22.6 Å². The molecule has 5 rings (SSSR count). The van der Waals surface area contributed by atoms with Gasteiger partial charge in [0.2, 0.25) is 0 Å². The van der Waals surface area contributed by atoms with Crippen LogP contribution in [-0.2, 0) is 11.0 Å². The molecular weight excluding hydrogens is 487 g/mol. The van der Waals surface area contributed by atoms with Crippen molar-refractivity contribution in [2.45, 2.75) is 30.4 Å². The van der Waals surface area contributed by atoms with E-state index in [0.717, 1.165) is 47.0 Å². The number of likely N-dealkylation sites (tertiary alicyclic amines) is 1. The van der Waals surface area contributed by atoms with E-state index in [1.54, 1.807) is 12.3 Å². The van der Waals surface area contributed by atoms with E-state index < -0.39 is 0 Å². The lowest BCUT2D eigenvalue weighted by molar-refractivity contribution is 0.128. The average molecular weight is 512 g/mol. The number of rotatable bonds is 4. The third-order valence-corrected chi connectivity index (χ3v) is 7.24. The highest BCUT2D eigenvalue weighted by Crippen LogP contribution is 2.34. The maximum absolute atomic E-state index is 12.7. The lowest BCUT2D eigenvalue weighted by Crippen LogP contribution is -2.40. The van der Waals surface area contributed by atoms with Gasteiger partial charge in [0.05, 0.1) is 10.9 Å². The second-order valence-corrected chi connectivity index (χ2v) is 9.10. The maximum atomic E-state index is 12.7. The van der Waals surface area contributed by atoms with Crippen LogP contribution in [0.15, 0.2) is 59.8 Å². The van der Waals surface area contributed by atoms with Gasteiger partial charge in [-0.2, -0.15) is 0 Å². The minimum absolute atomic E-state index is 0.0425. The summed E-state index contributed by atoms with van der Waals surface area (Å²) in [6, 6.07) is 12.7.